The Morgan fingerprint density at radius 2 is 1.72 bits per heavy atom. The third-order valence-electron chi connectivity index (χ3n) is 6.37. The van der Waals surface area contributed by atoms with Gasteiger partial charge in [0.05, 0.1) is 11.3 Å². The van der Waals surface area contributed by atoms with Crippen LogP contribution in [0.15, 0.2) is 77.4 Å². The van der Waals surface area contributed by atoms with Crippen molar-refractivity contribution in [3.8, 4) is 22.8 Å². The lowest BCUT2D eigenvalue weighted by atomic mass is 9.97. The predicted octanol–water partition coefficient (Wildman–Crippen LogP) is 8.42. The monoisotopic (exact) mass is 656 g/mol. The number of hydrogen-bond acceptors (Lipinski definition) is 6. The minimum absolute atomic E-state index is 0.0390. The number of nitrogens with one attached hydrogen (secondary N) is 3. The van der Waals surface area contributed by atoms with Crippen molar-refractivity contribution < 1.29 is 22.7 Å². The number of anilines is 3. The van der Waals surface area contributed by atoms with E-state index in [1.165, 1.54) is 18.2 Å². The van der Waals surface area contributed by atoms with Crippen molar-refractivity contribution in [3.63, 3.8) is 0 Å². The fraction of sp³-hybridized carbons (Fsp3) is 0.258. The summed E-state index contributed by atoms with van der Waals surface area (Å²) in [5.74, 6) is 1.27. The van der Waals surface area contributed by atoms with Crippen LogP contribution >= 0.6 is 15.9 Å². The van der Waals surface area contributed by atoms with Crippen LogP contribution < -0.4 is 20.7 Å². The molecule has 1 heterocycles. The molecule has 43 heavy (non-hydrogen) atoms. The van der Waals surface area contributed by atoms with E-state index < -0.39 is 17.8 Å². The number of ether oxygens (including phenoxy) is 1. The number of rotatable bonds is 11. The molecule has 1 aromatic heterocycles. The molecule has 0 saturated heterocycles. The maximum absolute atomic E-state index is 14.2. The summed E-state index contributed by atoms with van der Waals surface area (Å²) >= 11 is 3.30. The van der Waals surface area contributed by atoms with Crippen molar-refractivity contribution in [2.24, 2.45) is 0 Å². The van der Waals surface area contributed by atoms with E-state index in [1.54, 1.807) is 61.7 Å². The lowest BCUT2D eigenvalue weighted by Gasteiger charge is -2.19. The van der Waals surface area contributed by atoms with Gasteiger partial charge in [-0.15, -0.1) is 0 Å². The van der Waals surface area contributed by atoms with Gasteiger partial charge < -0.3 is 25.6 Å². The first-order valence-corrected chi connectivity index (χ1v) is 14.3. The summed E-state index contributed by atoms with van der Waals surface area (Å²) in [5, 5.41) is 8.18. The Morgan fingerprint density at radius 3 is 2.42 bits per heavy atom. The second-order valence-corrected chi connectivity index (χ2v) is 11.0. The molecule has 4 aromatic rings. The van der Waals surface area contributed by atoms with E-state index in [-0.39, 0.29) is 11.3 Å². The summed E-state index contributed by atoms with van der Waals surface area (Å²) in [6.45, 7) is 3.49. The van der Waals surface area contributed by atoms with Gasteiger partial charge in [0.1, 0.15) is 5.75 Å². The molecule has 0 radical (unpaired) electrons. The molecule has 0 aliphatic heterocycles. The van der Waals surface area contributed by atoms with Gasteiger partial charge in [-0.05, 0) is 93.5 Å². The van der Waals surface area contributed by atoms with Crippen LogP contribution in [0.3, 0.4) is 0 Å². The number of benzene rings is 3. The zero-order valence-corrected chi connectivity index (χ0v) is 25.5. The molecule has 226 valence electrons. The van der Waals surface area contributed by atoms with Gasteiger partial charge in [0.2, 0.25) is 11.8 Å². The van der Waals surface area contributed by atoms with Gasteiger partial charge in [-0.25, -0.2) is 9.78 Å². The summed E-state index contributed by atoms with van der Waals surface area (Å²) in [5.41, 5.74) is 0.0976. The Bertz CT molecular complexity index is 1550. The van der Waals surface area contributed by atoms with E-state index in [2.05, 4.69) is 46.7 Å². The maximum Gasteiger partial charge on any atom is 0.419 e. The number of hydrogen-bond donors (Lipinski definition) is 3. The smallest absolute Gasteiger partial charge is 0.419 e. The van der Waals surface area contributed by atoms with E-state index in [4.69, 9.17) is 4.74 Å². The molecule has 3 aromatic carbocycles. The van der Waals surface area contributed by atoms with Crippen molar-refractivity contribution in [2.75, 3.05) is 43.1 Å². The van der Waals surface area contributed by atoms with Crippen molar-refractivity contribution in [1.29, 1.82) is 0 Å². The lowest BCUT2D eigenvalue weighted by Crippen LogP contribution is -2.22. The first-order valence-electron chi connectivity index (χ1n) is 13.5. The normalized spacial score (nSPS) is 11.3. The highest BCUT2D eigenvalue weighted by Gasteiger charge is 2.37. The van der Waals surface area contributed by atoms with Gasteiger partial charge in [0.25, 0.3) is 0 Å². The number of aromatic nitrogens is 2. The Kier molecular flexibility index (Phi) is 10.6. The number of carbonyl (C=O) groups is 1. The summed E-state index contributed by atoms with van der Waals surface area (Å²) < 4.78 is 49.1. The van der Waals surface area contributed by atoms with Crippen molar-refractivity contribution in [1.82, 2.24) is 14.9 Å². The summed E-state index contributed by atoms with van der Waals surface area (Å²) in [7, 11) is 4.07. The third-order valence-corrected chi connectivity index (χ3v) is 6.89. The van der Waals surface area contributed by atoms with E-state index in [0.29, 0.717) is 34.4 Å². The topological polar surface area (TPSA) is 91.4 Å². The number of nitrogens with zero attached hydrogens (tertiary/aromatic N) is 3. The first kappa shape index (κ1) is 31.8. The molecule has 4 rings (SSSR count). The highest BCUT2D eigenvalue weighted by molar-refractivity contribution is 9.10. The Morgan fingerprint density at radius 1 is 0.977 bits per heavy atom. The molecule has 8 nitrogen and oxygen atoms in total. The summed E-state index contributed by atoms with van der Waals surface area (Å²) in [6.07, 6.45) is -1.08. The van der Waals surface area contributed by atoms with Gasteiger partial charge in [0.15, 0.2) is 0 Å². The average molecular weight is 658 g/mol. The SMILES string of the molecule is Cc1cc(Oc2ccnc(NCCCCN(C)C)n2)ccc1NC(=O)Nc1cccc(-c2ccc(Br)cc2)c1C(F)(F)F. The van der Waals surface area contributed by atoms with Gasteiger partial charge in [-0.3, -0.25) is 0 Å². The fourth-order valence-electron chi connectivity index (χ4n) is 4.31. The highest BCUT2D eigenvalue weighted by atomic mass is 79.9. The molecule has 0 unspecified atom stereocenters. The van der Waals surface area contributed by atoms with Crippen molar-refractivity contribution >= 4 is 39.3 Å². The molecular formula is C31H32BrF3N6O2. The van der Waals surface area contributed by atoms with Gasteiger partial charge in [0, 0.05) is 29.0 Å². The molecule has 3 N–H and O–H groups in total. The molecular weight excluding hydrogens is 625 g/mol. The first-order chi connectivity index (χ1) is 20.5. The average Bonchev–Trinajstić information content (AvgIpc) is 2.94. The molecule has 0 saturated carbocycles. The minimum atomic E-state index is -4.70. The second kappa shape index (κ2) is 14.3. The molecule has 0 aliphatic rings. The number of alkyl halides is 3. The van der Waals surface area contributed by atoms with Crippen LogP contribution in [0.4, 0.5) is 35.3 Å². The molecule has 12 heteroatoms. The van der Waals surface area contributed by atoms with E-state index in [0.717, 1.165) is 30.4 Å². The molecule has 0 aliphatic carbocycles. The number of amides is 2. The van der Waals surface area contributed by atoms with Crippen LogP contribution in [0.25, 0.3) is 11.1 Å². The summed E-state index contributed by atoms with van der Waals surface area (Å²) in [4.78, 5) is 23.6. The highest BCUT2D eigenvalue weighted by Crippen LogP contribution is 2.42. The van der Waals surface area contributed by atoms with Crippen LogP contribution in [-0.2, 0) is 6.18 Å². The van der Waals surface area contributed by atoms with Crippen LogP contribution in [0.2, 0.25) is 0 Å². The maximum atomic E-state index is 14.2. The number of aryl methyl sites for hydroxylation is 1. The molecule has 0 fully saturated rings. The number of unbranched alkanes of at least 4 members (excludes halogenated alkanes) is 1. The van der Waals surface area contributed by atoms with Gasteiger partial charge in [-0.2, -0.15) is 18.2 Å². The largest absolute Gasteiger partial charge is 0.439 e. The van der Waals surface area contributed by atoms with E-state index in [1.807, 2.05) is 14.1 Å². The fourth-order valence-corrected chi connectivity index (χ4v) is 4.57. The predicted molar refractivity (Wildman–Crippen MR) is 167 cm³/mol. The van der Waals surface area contributed by atoms with Crippen LogP contribution in [0, 0.1) is 6.92 Å². The Labute approximate surface area is 256 Å². The Balaban J connectivity index is 1.41. The van der Waals surface area contributed by atoms with E-state index in [9.17, 15) is 18.0 Å². The lowest BCUT2D eigenvalue weighted by molar-refractivity contribution is -0.136. The van der Waals surface area contributed by atoms with Crippen molar-refractivity contribution in [2.45, 2.75) is 25.9 Å². The zero-order valence-electron chi connectivity index (χ0n) is 23.9. The number of carbonyl (C=O) groups excluding carboxylic acids is 1. The third kappa shape index (κ3) is 9.16. The van der Waals surface area contributed by atoms with Gasteiger partial charge in [-0.1, -0.05) is 40.2 Å². The second-order valence-electron chi connectivity index (χ2n) is 10.0. The molecule has 0 atom stereocenters. The van der Waals surface area contributed by atoms with Crippen LogP contribution in [0.5, 0.6) is 11.6 Å². The molecule has 0 spiro atoms. The standard InChI is InChI=1S/C31H32BrF3N6O2/c1-20-19-23(43-27-15-17-37-29(40-27)36-16-4-5-18-41(2)3)13-14-25(20)38-30(42)39-26-8-6-7-24(28(26)31(33,34)35)21-9-11-22(32)12-10-21/h6-15,17,19H,4-5,16,18H2,1-3H3,(H,36,37,40)(H2,38,39,42). The Hall–Kier alpha value is -4.16. The molecule has 0 bridgehead atoms. The number of urea groups is 1. The van der Waals surface area contributed by atoms with Crippen LogP contribution in [-0.4, -0.2) is 48.1 Å². The van der Waals surface area contributed by atoms with Gasteiger partial charge >= 0.3 is 12.2 Å². The minimum Gasteiger partial charge on any atom is -0.439 e. The number of halogens is 4. The summed E-state index contributed by atoms with van der Waals surface area (Å²) in [6, 6.07) is 16.3. The van der Waals surface area contributed by atoms with E-state index >= 15 is 0 Å². The molecule has 2 amide bonds. The van der Waals surface area contributed by atoms with Crippen molar-refractivity contribution in [3.05, 3.63) is 88.5 Å². The van der Waals surface area contributed by atoms with Crippen LogP contribution in [0.1, 0.15) is 24.0 Å². The zero-order chi connectivity index (χ0) is 31.0. The quantitative estimate of drug-likeness (QED) is 0.140.